The number of likely N-dealkylation sites (N-methyl/N-ethyl adjacent to an activating group) is 1. The predicted molar refractivity (Wildman–Crippen MR) is 70.9 cm³/mol. The van der Waals surface area contributed by atoms with E-state index in [1.807, 2.05) is 13.1 Å². The average molecular weight is 251 g/mol. The van der Waals surface area contributed by atoms with E-state index in [9.17, 15) is 4.39 Å². The lowest BCUT2D eigenvalue weighted by molar-refractivity contribution is 0.0112. The number of hydrogen-bond acceptors (Lipinski definition) is 2. The van der Waals surface area contributed by atoms with Gasteiger partial charge in [-0.3, -0.25) is 0 Å². The van der Waals surface area contributed by atoms with Crippen LogP contribution in [0.25, 0.3) is 0 Å². The number of benzene rings is 1. The van der Waals surface area contributed by atoms with Gasteiger partial charge in [0.15, 0.2) is 0 Å². The predicted octanol–water partition coefficient (Wildman–Crippen LogP) is 3.26. The molecule has 0 amide bonds. The second-order valence-corrected chi connectivity index (χ2v) is 4.97. The first-order valence-corrected chi connectivity index (χ1v) is 6.83. The second-order valence-electron chi connectivity index (χ2n) is 4.97. The summed E-state index contributed by atoms with van der Waals surface area (Å²) in [5, 5.41) is 3.33. The monoisotopic (exact) mass is 251 g/mol. The highest BCUT2D eigenvalue weighted by Crippen LogP contribution is 2.22. The van der Waals surface area contributed by atoms with E-state index >= 15 is 0 Å². The molecule has 2 atom stereocenters. The normalized spacial score (nSPS) is 24.8. The van der Waals surface area contributed by atoms with Crippen molar-refractivity contribution in [3.63, 3.8) is 0 Å². The van der Waals surface area contributed by atoms with Gasteiger partial charge in [0.05, 0.1) is 12.7 Å². The van der Waals surface area contributed by atoms with Gasteiger partial charge in [-0.1, -0.05) is 37.5 Å². The number of rotatable bonds is 4. The van der Waals surface area contributed by atoms with Crippen LogP contribution in [0.3, 0.4) is 0 Å². The van der Waals surface area contributed by atoms with Crippen LogP contribution in [0.5, 0.6) is 0 Å². The quantitative estimate of drug-likeness (QED) is 0.829. The minimum atomic E-state index is -0.174. The van der Waals surface area contributed by atoms with Crippen LogP contribution in [0.2, 0.25) is 0 Å². The Labute approximate surface area is 109 Å². The summed E-state index contributed by atoms with van der Waals surface area (Å²) in [6, 6.07) is 7.24. The molecule has 0 radical (unpaired) electrons. The number of ether oxygens (including phenoxy) is 1. The lowest BCUT2D eigenvalue weighted by atomic mass is 10.1. The molecule has 0 bridgehead atoms. The Balaban J connectivity index is 1.93. The maximum atomic E-state index is 13.5. The smallest absolute Gasteiger partial charge is 0.128 e. The van der Waals surface area contributed by atoms with Gasteiger partial charge in [0.2, 0.25) is 0 Å². The van der Waals surface area contributed by atoms with E-state index in [-0.39, 0.29) is 11.9 Å². The summed E-state index contributed by atoms with van der Waals surface area (Å²) in [6.45, 7) is 0.371. The SMILES string of the molecule is CNC1CCCCCC1OCc1ccccc1F. The Morgan fingerprint density at radius 2 is 2.00 bits per heavy atom. The van der Waals surface area contributed by atoms with E-state index in [2.05, 4.69) is 5.32 Å². The first-order chi connectivity index (χ1) is 8.81. The summed E-state index contributed by atoms with van der Waals surface area (Å²) < 4.78 is 19.4. The summed E-state index contributed by atoms with van der Waals surface area (Å²) in [6.07, 6.45) is 6.17. The van der Waals surface area contributed by atoms with Crippen molar-refractivity contribution in [1.82, 2.24) is 5.32 Å². The van der Waals surface area contributed by atoms with E-state index in [1.54, 1.807) is 12.1 Å². The summed E-state index contributed by atoms with van der Waals surface area (Å²) in [5.74, 6) is -0.174. The van der Waals surface area contributed by atoms with Crippen LogP contribution < -0.4 is 5.32 Å². The minimum absolute atomic E-state index is 0.174. The summed E-state index contributed by atoms with van der Waals surface area (Å²) in [5.41, 5.74) is 0.650. The molecular formula is C15H22FNO. The maximum Gasteiger partial charge on any atom is 0.128 e. The van der Waals surface area contributed by atoms with Gasteiger partial charge in [-0.05, 0) is 26.0 Å². The van der Waals surface area contributed by atoms with Crippen molar-refractivity contribution in [2.75, 3.05) is 7.05 Å². The van der Waals surface area contributed by atoms with Gasteiger partial charge in [0, 0.05) is 11.6 Å². The van der Waals surface area contributed by atoms with Crippen molar-refractivity contribution in [3.05, 3.63) is 35.6 Å². The first-order valence-electron chi connectivity index (χ1n) is 6.83. The Morgan fingerprint density at radius 3 is 2.78 bits per heavy atom. The molecule has 1 aromatic carbocycles. The molecule has 1 N–H and O–H groups in total. The van der Waals surface area contributed by atoms with E-state index in [0.717, 1.165) is 12.8 Å². The molecule has 0 aromatic heterocycles. The van der Waals surface area contributed by atoms with E-state index < -0.39 is 0 Å². The first kappa shape index (κ1) is 13.5. The molecule has 1 aliphatic rings. The molecule has 2 nitrogen and oxygen atoms in total. The van der Waals surface area contributed by atoms with Crippen molar-refractivity contribution in [1.29, 1.82) is 0 Å². The molecule has 2 unspecified atom stereocenters. The van der Waals surface area contributed by atoms with Crippen LogP contribution >= 0.6 is 0 Å². The third-order valence-corrected chi connectivity index (χ3v) is 3.73. The average Bonchev–Trinajstić information content (AvgIpc) is 2.62. The number of hydrogen-bond donors (Lipinski definition) is 1. The molecular weight excluding hydrogens is 229 g/mol. The Kier molecular flexibility index (Phi) is 5.14. The highest BCUT2D eigenvalue weighted by Gasteiger charge is 2.23. The summed E-state index contributed by atoms with van der Waals surface area (Å²) in [4.78, 5) is 0. The van der Waals surface area contributed by atoms with Gasteiger partial charge in [0.1, 0.15) is 5.82 Å². The largest absolute Gasteiger partial charge is 0.372 e. The minimum Gasteiger partial charge on any atom is -0.372 e. The standard InChI is InChI=1S/C15H22FNO/c1-17-14-9-3-2-4-10-15(14)18-11-12-7-5-6-8-13(12)16/h5-8,14-15,17H,2-4,9-11H2,1H3. The van der Waals surface area contributed by atoms with Crippen LogP contribution in [-0.2, 0) is 11.3 Å². The molecule has 0 spiro atoms. The highest BCUT2D eigenvalue weighted by molar-refractivity contribution is 5.16. The zero-order valence-electron chi connectivity index (χ0n) is 11.0. The zero-order valence-corrected chi connectivity index (χ0v) is 11.0. The molecule has 1 aromatic rings. The molecule has 1 aliphatic carbocycles. The van der Waals surface area contributed by atoms with Gasteiger partial charge in [-0.2, -0.15) is 0 Å². The highest BCUT2D eigenvalue weighted by atomic mass is 19.1. The fourth-order valence-electron chi connectivity index (χ4n) is 2.62. The van der Waals surface area contributed by atoms with Crippen molar-refractivity contribution >= 4 is 0 Å². The fourth-order valence-corrected chi connectivity index (χ4v) is 2.62. The summed E-state index contributed by atoms with van der Waals surface area (Å²) >= 11 is 0. The van der Waals surface area contributed by atoms with E-state index in [1.165, 1.54) is 25.3 Å². The van der Waals surface area contributed by atoms with Crippen LogP contribution in [0.1, 0.15) is 37.7 Å². The van der Waals surface area contributed by atoms with Gasteiger partial charge in [-0.15, -0.1) is 0 Å². The van der Waals surface area contributed by atoms with Gasteiger partial charge in [-0.25, -0.2) is 4.39 Å². The van der Waals surface area contributed by atoms with Gasteiger partial charge >= 0.3 is 0 Å². The van der Waals surface area contributed by atoms with Crippen molar-refractivity contribution in [3.8, 4) is 0 Å². The summed E-state index contributed by atoms with van der Waals surface area (Å²) in [7, 11) is 1.98. The van der Waals surface area contributed by atoms with E-state index in [4.69, 9.17) is 4.74 Å². The van der Waals surface area contributed by atoms with Crippen molar-refractivity contribution < 1.29 is 9.13 Å². The lowest BCUT2D eigenvalue weighted by Crippen LogP contribution is -2.38. The lowest BCUT2D eigenvalue weighted by Gasteiger charge is -2.25. The zero-order chi connectivity index (χ0) is 12.8. The molecule has 0 heterocycles. The Bertz CT molecular complexity index is 369. The van der Waals surface area contributed by atoms with Crippen LogP contribution in [0.15, 0.2) is 24.3 Å². The maximum absolute atomic E-state index is 13.5. The molecule has 0 aliphatic heterocycles. The van der Waals surface area contributed by atoms with Gasteiger partial charge in [0.25, 0.3) is 0 Å². The van der Waals surface area contributed by atoms with Crippen LogP contribution in [0.4, 0.5) is 4.39 Å². The Hall–Kier alpha value is -0.930. The molecule has 18 heavy (non-hydrogen) atoms. The molecule has 100 valence electrons. The molecule has 2 rings (SSSR count). The second kappa shape index (κ2) is 6.86. The number of nitrogens with one attached hydrogen (secondary N) is 1. The third kappa shape index (κ3) is 3.53. The molecule has 3 heteroatoms. The van der Waals surface area contributed by atoms with Gasteiger partial charge < -0.3 is 10.1 Å². The molecule has 1 saturated carbocycles. The van der Waals surface area contributed by atoms with Crippen LogP contribution in [-0.4, -0.2) is 19.2 Å². The van der Waals surface area contributed by atoms with Crippen LogP contribution in [0, 0.1) is 5.82 Å². The van der Waals surface area contributed by atoms with Crippen molar-refractivity contribution in [2.24, 2.45) is 0 Å². The third-order valence-electron chi connectivity index (χ3n) is 3.73. The molecule has 1 fully saturated rings. The Morgan fingerprint density at radius 1 is 1.22 bits per heavy atom. The van der Waals surface area contributed by atoms with Crippen molar-refractivity contribution in [2.45, 2.75) is 50.9 Å². The molecule has 0 saturated heterocycles. The van der Waals surface area contributed by atoms with E-state index in [0.29, 0.717) is 18.2 Å². The fraction of sp³-hybridized carbons (Fsp3) is 0.600. The topological polar surface area (TPSA) is 21.3 Å². The number of halogens is 1.